The molecule has 1 aromatic rings. The Bertz CT molecular complexity index is 441. The molecule has 1 aromatic carbocycles. The van der Waals surface area contributed by atoms with Crippen molar-refractivity contribution in [2.75, 3.05) is 6.61 Å². The molecule has 0 bridgehead atoms. The van der Waals surface area contributed by atoms with Crippen molar-refractivity contribution in [2.45, 2.75) is 39.9 Å². The molecule has 4 heteroatoms. The van der Waals surface area contributed by atoms with Gasteiger partial charge in [0.15, 0.2) is 6.10 Å². The third kappa shape index (κ3) is 4.46. The number of hydrogen-bond donors (Lipinski definition) is 0. The van der Waals surface area contributed by atoms with E-state index >= 15 is 0 Å². The van der Waals surface area contributed by atoms with Crippen LogP contribution in [0.15, 0.2) is 30.3 Å². The van der Waals surface area contributed by atoms with Crippen LogP contribution < -0.4 is 0 Å². The Morgan fingerprint density at radius 2 is 1.75 bits per heavy atom. The summed E-state index contributed by atoms with van der Waals surface area (Å²) in [6.45, 7) is 7.19. The third-order valence-corrected chi connectivity index (χ3v) is 3.30. The summed E-state index contributed by atoms with van der Waals surface area (Å²) in [5.41, 5.74) is 0.752. The average molecular weight is 278 g/mol. The second-order valence-corrected chi connectivity index (χ2v) is 4.79. The first kappa shape index (κ1) is 16.4. The zero-order valence-corrected chi connectivity index (χ0v) is 12.5. The molecule has 0 saturated heterocycles. The van der Waals surface area contributed by atoms with Crippen LogP contribution in [0.4, 0.5) is 0 Å². The molecule has 0 aliphatic carbocycles. The highest BCUT2D eigenvalue weighted by Gasteiger charge is 2.27. The molecule has 0 saturated carbocycles. The predicted octanol–water partition coefficient (Wildman–Crippen LogP) is 2.92. The van der Waals surface area contributed by atoms with Crippen LogP contribution in [-0.2, 0) is 19.1 Å². The molecule has 0 aliphatic rings. The molecular weight excluding hydrogens is 256 g/mol. The molecule has 0 amide bonds. The van der Waals surface area contributed by atoms with Crippen LogP contribution in [0.5, 0.6) is 0 Å². The molecule has 1 rings (SSSR count). The largest absolute Gasteiger partial charge is 0.460 e. The normalized spacial score (nSPS) is 15.2. The number of ether oxygens (including phenoxy) is 2. The highest BCUT2D eigenvalue weighted by atomic mass is 16.6. The minimum atomic E-state index is -0.747. The molecule has 3 unspecified atom stereocenters. The highest BCUT2D eigenvalue weighted by molar-refractivity contribution is 5.80. The first-order valence-corrected chi connectivity index (χ1v) is 6.84. The van der Waals surface area contributed by atoms with Gasteiger partial charge in [-0.1, -0.05) is 37.3 Å². The maximum absolute atomic E-state index is 12.2. The van der Waals surface area contributed by atoms with Crippen LogP contribution in [0.25, 0.3) is 0 Å². The van der Waals surface area contributed by atoms with Gasteiger partial charge in [0.2, 0.25) is 0 Å². The van der Waals surface area contributed by atoms with E-state index in [4.69, 9.17) is 9.47 Å². The molecule has 3 atom stereocenters. The number of esters is 1. The van der Waals surface area contributed by atoms with Crippen molar-refractivity contribution in [1.82, 2.24) is 0 Å². The minimum absolute atomic E-state index is 0.00188. The Morgan fingerprint density at radius 1 is 1.15 bits per heavy atom. The summed E-state index contributed by atoms with van der Waals surface area (Å²) in [5, 5.41) is 0. The number of carbonyl (C=O) groups excluding carboxylic acids is 2. The van der Waals surface area contributed by atoms with E-state index in [1.54, 1.807) is 13.8 Å². The fraction of sp³-hybridized carbons (Fsp3) is 0.500. The van der Waals surface area contributed by atoms with Crippen molar-refractivity contribution in [1.29, 1.82) is 0 Å². The summed E-state index contributed by atoms with van der Waals surface area (Å²) in [4.78, 5) is 23.5. The zero-order chi connectivity index (χ0) is 15.1. The topological polar surface area (TPSA) is 52.6 Å². The van der Waals surface area contributed by atoms with Crippen molar-refractivity contribution in [2.24, 2.45) is 5.92 Å². The molecule has 0 heterocycles. The van der Waals surface area contributed by atoms with Crippen LogP contribution in [0, 0.1) is 5.92 Å². The minimum Gasteiger partial charge on any atom is -0.460 e. The van der Waals surface area contributed by atoms with E-state index in [0.29, 0.717) is 6.61 Å². The highest BCUT2D eigenvalue weighted by Crippen LogP contribution is 2.21. The van der Waals surface area contributed by atoms with Gasteiger partial charge in [0.05, 0.1) is 5.92 Å². The summed E-state index contributed by atoms with van der Waals surface area (Å²) >= 11 is 0. The average Bonchev–Trinajstić information content (AvgIpc) is 2.44. The molecule has 0 aromatic heterocycles. The van der Waals surface area contributed by atoms with Crippen LogP contribution in [0.2, 0.25) is 0 Å². The molecule has 20 heavy (non-hydrogen) atoms. The lowest BCUT2D eigenvalue weighted by molar-refractivity contribution is -0.165. The quantitative estimate of drug-likeness (QED) is 0.720. The first-order chi connectivity index (χ1) is 9.47. The SMILES string of the molecule is CCOC(C(=O)OC(C)C(C)C(C)=O)c1ccccc1. The number of rotatable bonds is 7. The predicted molar refractivity (Wildman–Crippen MR) is 76.2 cm³/mol. The fourth-order valence-electron chi connectivity index (χ4n) is 1.77. The Balaban J connectivity index is 2.78. The molecule has 4 nitrogen and oxygen atoms in total. The van der Waals surface area contributed by atoms with Gasteiger partial charge < -0.3 is 9.47 Å². The second-order valence-electron chi connectivity index (χ2n) is 4.79. The van der Waals surface area contributed by atoms with E-state index in [1.165, 1.54) is 6.92 Å². The first-order valence-electron chi connectivity index (χ1n) is 6.84. The Kier molecular flexibility index (Phi) is 6.39. The summed E-state index contributed by atoms with van der Waals surface area (Å²) in [7, 11) is 0. The van der Waals surface area contributed by atoms with Gasteiger partial charge in [-0.3, -0.25) is 4.79 Å². The molecule has 0 radical (unpaired) electrons. The monoisotopic (exact) mass is 278 g/mol. The van der Waals surface area contributed by atoms with Crippen LogP contribution in [-0.4, -0.2) is 24.5 Å². The summed E-state index contributed by atoms with van der Waals surface area (Å²) in [5.74, 6) is -0.784. The molecule has 110 valence electrons. The van der Waals surface area contributed by atoms with E-state index in [-0.39, 0.29) is 11.7 Å². The Morgan fingerprint density at radius 3 is 2.25 bits per heavy atom. The summed E-state index contributed by atoms with van der Waals surface area (Å²) in [6.07, 6.45) is -1.21. The lowest BCUT2D eigenvalue weighted by Gasteiger charge is -2.22. The van der Waals surface area contributed by atoms with E-state index in [0.717, 1.165) is 5.56 Å². The number of carbonyl (C=O) groups is 2. The summed E-state index contributed by atoms with van der Waals surface area (Å²) < 4.78 is 10.8. The fourth-order valence-corrected chi connectivity index (χ4v) is 1.77. The van der Waals surface area contributed by atoms with Crippen molar-refractivity contribution in [3.63, 3.8) is 0 Å². The smallest absolute Gasteiger partial charge is 0.340 e. The van der Waals surface area contributed by atoms with E-state index in [9.17, 15) is 9.59 Å². The second kappa shape index (κ2) is 7.80. The maximum Gasteiger partial charge on any atom is 0.340 e. The lowest BCUT2D eigenvalue weighted by Crippen LogP contribution is -2.30. The summed E-state index contributed by atoms with van der Waals surface area (Å²) in [6, 6.07) is 9.20. The van der Waals surface area contributed by atoms with Gasteiger partial charge in [-0.05, 0) is 26.3 Å². The number of hydrogen-bond acceptors (Lipinski definition) is 4. The van der Waals surface area contributed by atoms with Gasteiger partial charge in [0.25, 0.3) is 0 Å². The molecule has 0 fully saturated rings. The van der Waals surface area contributed by atoms with Crippen LogP contribution in [0.3, 0.4) is 0 Å². The van der Waals surface area contributed by atoms with E-state index in [1.807, 2.05) is 37.3 Å². The zero-order valence-electron chi connectivity index (χ0n) is 12.5. The van der Waals surface area contributed by atoms with Crippen molar-refractivity contribution in [3.05, 3.63) is 35.9 Å². The van der Waals surface area contributed by atoms with Gasteiger partial charge >= 0.3 is 5.97 Å². The standard InChI is InChI=1S/C16H22O4/c1-5-19-15(14-9-7-6-8-10-14)16(18)20-13(4)11(2)12(3)17/h6-11,13,15H,5H2,1-4H3. The van der Waals surface area contributed by atoms with Crippen LogP contribution >= 0.6 is 0 Å². The van der Waals surface area contributed by atoms with Gasteiger partial charge in [-0.2, -0.15) is 0 Å². The third-order valence-electron chi connectivity index (χ3n) is 3.30. The van der Waals surface area contributed by atoms with Gasteiger partial charge in [0, 0.05) is 6.61 Å². The van der Waals surface area contributed by atoms with Crippen molar-refractivity contribution < 1.29 is 19.1 Å². The number of ketones is 1. The van der Waals surface area contributed by atoms with Gasteiger partial charge in [0.1, 0.15) is 11.9 Å². The Hall–Kier alpha value is -1.68. The van der Waals surface area contributed by atoms with Crippen molar-refractivity contribution in [3.8, 4) is 0 Å². The van der Waals surface area contributed by atoms with E-state index in [2.05, 4.69) is 0 Å². The lowest BCUT2D eigenvalue weighted by atomic mass is 10.0. The molecule has 0 aliphatic heterocycles. The van der Waals surface area contributed by atoms with Gasteiger partial charge in [-0.25, -0.2) is 4.79 Å². The van der Waals surface area contributed by atoms with Crippen molar-refractivity contribution >= 4 is 11.8 Å². The molecular formula is C16H22O4. The Labute approximate surface area is 120 Å². The van der Waals surface area contributed by atoms with E-state index < -0.39 is 18.2 Å². The van der Waals surface area contributed by atoms with Crippen LogP contribution in [0.1, 0.15) is 39.4 Å². The number of benzene rings is 1. The molecule has 0 N–H and O–H groups in total. The molecule has 0 spiro atoms. The number of Topliss-reactive ketones (excluding diaryl/α,β-unsaturated/α-hetero) is 1. The maximum atomic E-state index is 12.2. The van der Waals surface area contributed by atoms with Gasteiger partial charge in [-0.15, -0.1) is 0 Å².